The fourth-order valence-electron chi connectivity index (χ4n) is 3.81. The number of thiazole rings is 1. The maximum atomic E-state index is 13.7. The number of carbonyl (C=O) groups excluding carboxylic acids is 2. The highest BCUT2D eigenvalue weighted by molar-refractivity contribution is 7.88. The summed E-state index contributed by atoms with van der Waals surface area (Å²) >= 11 is 1.18. The van der Waals surface area contributed by atoms with Gasteiger partial charge in [0.05, 0.1) is 20.8 Å². The van der Waals surface area contributed by atoms with Crippen molar-refractivity contribution in [1.82, 2.24) is 19.3 Å². The zero-order chi connectivity index (χ0) is 27.7. The van der Waals surface area contributed by atoms with Crippen LogP contribution in [0.4, 0.5) is 0 Å². The average molecular weight is 561 g/mol. The van der Waals surface area contributed by atoms with Crippen LogP contribution >= 0.6 is 11.3 Å². The van der Waals surface area contributed by atoms with Gasteiger partial charge in [-0.2, -0.15) is 13.1 Å². The minimum absolute atomic E-state index is 0.0400. The molecular formula is C26H32N4O6S2. The van der Waals surface area contributed by atoms with E-state index in [1.807, 2.05) is 42.0 Å². The van der Waals surface area contributed by atoms with Crippen molar-refractivity contribution in [2.45, 2.75) is 33.2 Å². The fourth-order valence-corrected chi connectivity index (χ4v) is 5.40. The Hall–Kier alpha value is -3.48. The number of methoxy groups -OCH3 is 2. The molecule has 3 aromatic rings. The molecular weight excluding hydrogens is 528 g/mol. The first-order valence-electron chi connectivity index (χ1n) is 12.0. The Bertz CT molecular complexity index is 1330. The Morgan fingerprint density at radius 2 is 1.74 bits per heavy atom. The van der Waals surface area contributed by atoms with E-state index in [1.54, 1.807) is 24.0 Å². The molecule has 38 heavy (non-hydrogen) atoms. The number of carbonyl (C=O) groups is 2. The molecule has 0 fully saturated rings. The normalized spacial score (nSPS) is 11.2. The van der Waals surface area contributed by atoms with Crippen molar-refractivity contribution in [3.05, 3.63) is 75.2 Å². The minimum Gasteiger partial charge on any atom is -0.496 e. The average Bonchev–Trinajstić information content (AvgIpc) is 3.37. The highest BCUT2D eigenvalue weighted by Crippen LogP contribution is 2.30. The fraction of sp³-hybridized carbons (Fsp3) is 0.346. The first-order valence-corrected chi connectivity index (χ1v) is 14.4. The molecule has 2 aromatic carbocycles. The molecule has 0 saturated heterocycles. The minimum atomic E-state index is -3.97. The molecule has 2 amide bonds. The molecule has 0 aliphatic rings. The van der Waals surface area contributed by atoms with Crippen LogP contribution < -0.4 is 18.9 Å². The first-order chi connectivity index (χ1) is 18.2. The summed E-state index contributed by atoms with van der Waals surface area (Å²) in [5.74, 6) is -0.0203. The van der Waals surface area contributed by atoms with Gasteiger partial charge >= 0.3 is 10.2 Å². The van der Waals surface area contributed by atoms with Gasteiger partial charge in [0, 0.05) is 29.6 Å². The molecule has 0 saturated carbocycles. The predicted molar refractivity (Wildman–Crippen MR) is 146 cm³/mol. The van der Waals surface area contributed by atoms with Gasteiger partial charge in [0.2, 0.25) is 0 Å². The van der Waals surface area contributed by atoms with Gasteiger partial charge in [0.25, 0.3) is 11.8 Å². The molecule has 0 unspecified atom stereocenters. The Morgan fingerprint density at radius 3 is 2.34 bits per heavy atom. The molecule has 1 aromatic heterocycles. The number of hydrogen-bond donors (Lipinski definition) is 2. The number of benzene rings is 2. The number of rotatable bonds is 13. The van der Waals surface area contributed by atoms with Crippen LogP contribution in [0.15, 0.2) is 47.8 Å². The van der Waals surface area contributed by atoms with Crippen molar-refractivity contribution in [2.24, 2.45) is 0 Å². The Kier molecular flexibility index (Phi) is 10.2. The number of amides is 2. The predicted octanol–water partition coefficient (Wildman–Crippen LogP) is 3.33. The van der Waals surface area contributed by atoms with Crippen molar-refractivity contribution in [1.29, 1.82) is 0 Å². The lowest BCUT2D eigenvalue weighted by atomic mass is 10.1. The summed E-state index contributed by atoms with van der Waals surface area (Å²) in [6.45, 7) is 4.17. The van der Waals surface area contributed by atoms with Crippen LogP contribution in [-0.2, 0) is 23.2 Å². The Morgan fingerprint density at radius 1 is 1.08 bits per heavy atom. The molecule has 3 rings (SSSR count). The largest absolute Gasteiger partial charge is 0.496 e. The van der Waals surface area contributed by atoms with E-state index in [0.717, 1.165) is 17.5 Å². The number of hydrogen-bond acceptors (Lipinski definition) is 8. The topological polar surface area (TPSA) is 127 Å². The lowest BCUT2D eigenvalue weighted by Crippen LogP contribution is -2.40. The van der Waals surface area contributed by atoms with E-state index in [0.29, 0.717) is 35.0 Å². The number of aromatic nitrogens is 1. The molecule has 12 heteroatoms. The summed E-state index contributed by atoms with van der Waals surface area (Å²) in [7, 11) is -0.903. The third kappa shape index (κ3) is 7.76. The lowest BCUT2D eigenvalue weighted by Gasteiger charge is -2.23. The summed E-state index contributed by atoms with van der Waals surface area (Å²) in [6.07, 6.45) is 1.48. The van der Waals surface area contributed by atoms with E-state index in [2.05, 4.69) is 9.71 Å². The highest BCUT2D eigenvalue weighted by Gasteiger charge is 2.22. The van der Waals surface area contributed by atoms with Crippen molar-refractivity contribution in [3.8, 4) is 11.5 Å². The molecule has 10 nitrogen and oxygen atoms in total. The maximum Gasteiger partial charge on any atom is 0.301 e. The molecule has 0 aliphatic carbocycles. The van der Waals surface area contributed by atoms with Gasteiger partial charge in [-0.15, -0.1) is 11.3 Å². The van der Waals surface area contributed by atoms with Gasteiger partial charge < -0.3 is 14.4 Å². The van der Waals surface area contributed by atoms with E-state index in [1.165, 1.54) is 30.9 Å². The lowest BCUT2D eigenvalue weighted by molar-refractivity contribution is 0.0740. The zero-order valence-electron chi connectivity index (χ0n) is 21.8. The van der Waals surface area contributed by atoms with E-state index in [-0.39, 0.29) is 24.7 Å². The summed E-state index contributed by atoms with van der Waals surface area (Å²) in [6, 6.07) is 13.3. The van der Waals surface area contributed by atoms with Gasteiger partial charge in [-0.3, -0.25) is 9.59 Å². The van der Waals surface area contributed by atoms with Crippen molar-refractivity contribution < 1.29 is 27.5 Å². The van der Waals surface area contributed by atoms with Crippen molar-refractivity contribution >= 4 is 33.4 Å². The van der Waals surface area contributed by atoms with Crippen LogP contribution in [0.5, 0.6) is 11.5 Å². The summed E-state index contributed by atoms with van der Waals surface area (Å²) < 4.78 is 38.7. The maximum absolute atomic E-state index is 13.7. The van der Waals surface area contributed by atoms with Crippen LogP contribution in [0.3, 0.4) is 0 Å². The second kappa shape index (κ2) is 13.4. The van der Waals surface area contributed by atoms with Crippen LogP contribution in [0.2, 0.25) is 0 Å². The third-order valence-electron chi connectivity index (χ3n) is 5.69. The van der Waals surface area contributed by atoms with E-state index in [9.17, 15) is 18.0 Å². The van der Waals surface area contributed by atoms with Gasteiger partial charge in [-0.1, -0.05) is 37.3 Å². The Labute approximate surface area is 227 Å². The van der Waals surface area contributed by atoms with Crippen molar-refractivity contribution in [2.75, 3.05) is 27.3 Å². The standard InChI is InChI=1S/C26H32N4O6S2/c1-5-27-38(33,34)29-25(31)21-17-37-24(28-21)16-30(13-9-12-19-10-7-6-8-11-19)26(32)20-14-22(35-3)18(2)23(15-20)36-4/h6-8,10-11,14-15,17,27H,5,9,12-13,16H2,1-4H3,(H,29,31). The summed E-state index contributed by atoms with van der Waals surface area (Å²) in [5, 5.41) is 1.96. The number of aryl methyl sites for hydroxylation is 1. The highest BCUT2D eigenvalue weighted by atomic mass is 32.2. The van der Waals surface area contributed by atoms with Crippen molar-refractivity contribution in [3.63, 3.8) is 0 Å². The van der Waals surface area contributed by atoms with Gasteiger partial charge in [-0.25, -0.2) is 9.71 Å². The van der Waals surface area contributed by atoms with E-state index >= 15 is 0 Å². The molecule has 0 bridgehead atoms. The van der Waals surface area contributed by atoms with E-state index in [4.69, 9.17) is 9.47 Å². The molecule has 1 heterocycles. The second-order valence-corrected chi connectivity index (χ2v) is 10.8. The van der Waals surface area contributed by atoms with Crippen LogP contribution in [0, 0.1) is 6.92 Å². The molecule has 0 radical (unpaired) electrons. The number of ether oxygens (including phenoxy) is 2. The monoisotopic (exact) mass is 560 g/mol. The molecule has 2 N–H and O–H groups in total. The Balaban J connectivity index is 1.83. The first kappa shape index (κ1) is 29.1. The van der Waals surface area contributed by atoms with Crippen LogP contribution in [0.1, 0.15) is 50.3 Å². The van der Waals surface area contributed by atoms with Crippen LogP contribution in [0.25, 0.3) is 0 Å². The van der Waals surface area contributed by atoms with Gasteiger partial charge in [-0.05, 0) is 37.5 Å². The SMILES string of the molecule is CCNS(=O)(=O)NC(=O)c1csc(CN(CCCc2ccccc2)C(=O)c2cc(OC)c(C)c(OC)c2)n1. The van der Waals surface area contributed by atoms with Gasteiger partial charge in [0.1, 0.15) is 22.2 Å². The second-order valence-electron chi connectivity index (χ2n) is 8.38. The molecule has 0 spiro atoms. The number of nitrogens with zero attached hydrogens (tertiary/aromatic N) is 2. The smallest absolute Gasteiger partial charge is 0.301 e. The summed E-state index contributed by atoms with van der Waals surface area (Å²) in [4.78, 5) is 32.0. The molecule has 0 aliphatic heterocycles. The number of nitrogens with one attached hydrogen (secondary N) is 2. The molecule has 204 valence electrons. The molecule has 0 atom stereocenters. The third-order valence-corrected chi connectivity index (χ3v) is 7.65. The van der Waals surface area contributed by atoms with Crippen LogP contribution in [-0.4, -0.2) is 57.4 Å². The van der Waals surface area contributed by atoms with E-state index < -0.39 is 16.1 Å². The quantitative estimate of drug-likeness (QED) is 0.328. The summed E-state index contributed by atoms with van der Waals surface area (Å²) in [5.41, 5.74) is 2.30. The van der Waals surface area contributed by atoms with Gasteiger partial charge in [0.15, 0.2) is 0 Å². The zero-order valence-corrected chi connectivity index (χ0v) is 23.4.